The second kappa shape index (κ2) is 8.22. The molecule has 0 saturated carbocycles. The molecule has 1 N–H and O–H groups in total. The lowest BCUT2D eigenvalue weighted by Gasteiger charge is -2.16. The van der Waals surface area contributed by atoms with Crippen LogP contribution < -0.4 is 5.32 Å². The number of halogens is 3. The van der Waals surface area contributed by atoms with E-state index in [1.165, 1.54) is 24.4 Å². The zero-order valence-corrected chi connectivity index (χ0v) is 16.0. The van der Waals surface area contributed by atoms with E-state index in [4.69, 9.17) is 0 Å². The van der Waals surface area contributed by atoms with Gasteiger partial charge in [-0.05, 0) is 36.2 Å². The van der Waals surface area contributed by atoms with Gasteiger partial charge in [0.2, 0.25) is 6.41 Å². The van der Waals surface area contributed by atoms with E-state index in [2.05, 4.69) is 5.32 Å². The Morgan fingerprint density at radius 2 is 1.79 bits per heavy atom. The average molecular weight is 421 g/mol. The molecule has 1 atom stereocenters. The summed E-state index contributed by atoms with van der Waals surface area (Å²) < 4.78 is 64.0. The van der Waals surface area contributed by atoms with Gasteiger partial charge < -0.3 is 14.4 Å². The van der Waals surface area contributed by atoms with Gasteiger partial charge in [-0.15, -0.1) is 0 Å². The van der Waals surface area contributed by atoms with Gasteiger partial charge in [-0.2, -0.15) is 13.2 Å². The third kappa shape index (κ3) is 4.41. The normalized spacial score (nSPS) is 12.6. The van der Waals surface area contributed by atoms with E-state index >= 15 is 0 Å². The fourth-order valence-electron chi connectivity index (χ4n) is 3.17. The SMILES string of the molecule is Cc1c(NC=O)cn(-c2ccc(CS(=O)[O-])cc2)c1-c1ccccc1C(F)(F)F. The van der Waals surface area contributed by atoms with Crippen LogP contribution in [-0.4, -0.2) is 19.7 Å². The van der Waals surface area contributed by atoms with Crippen molar-refractivity contribution in [2.45, 2.75) is 18.9 Å². The van der Waals surface area contributed by atoms with Gasteiger partial charge in [-0.3, -0.25) is 9.00 Å². The first-order valence-electron chi connectivity index (χ1n) is 8.46. The third-order valence-electron chi connectivity index (χ3n) is 4.46. The molecule has 1 unspecified atom stereocenters. The zero-order valence-electron chi connectivity index (χ0n) is 15.2. The maximum atomic E-state index is 13.6. The number of alkyl halides is 3. The summed E-state index contributed by atoms with van der Waals surface area (Å²) >= 11 is -2.25. The first-order chi connectivity index (χ1) is 13.7. The number of hydrogen-bond donors (Lipinski definition) is 1. The van der Waals surface area contributed by atoms with Crippen molar-refractivity contribution in [3.8, 4) is 16.9 Å². The Bertz CT molecular complexity index is 1060. The molecule has 0 aliphatic carbocycles. The number of amides is 1. The van der Waals surface area contributed by atoms with Crippen molar-refractivity contribution in [1.82, 2.24) is 4.57 Å². The molecular formula is C20H16F3N2O3S-. The van der Waals surface area contributed by atoms with E-state index in [9.17, 15) is 26.7 Å². The molecule has 2 aromatic carbocycles. The number of carbonyl (C=O) groups is 1. The Morgan fingerprint density at radius 3 is 2.38 bits per heavy atom. The molecule has 1 amide bonds. The minimum atomic E-state index is -4.56. The summed E-state index contributed by atoms with van der Waals surface area (Å²) in [6, 6.07) is 11.6. The van der Waals surface area contributed by atoms with E-state index in [1.54, 1.807) is 35.8 Å². The Kier molecular flexibility index (Phi) is 5.90. The van der Waals surface area contributed by atoms with Crippen LogP contribution in [0, 0.1) is 6.92 Å². The van der Waals surface area contributed by atoms with E-state index in [1.807, 2.05) is 0 Å². The van der Waals surface area contributed by atoms with Crippen molar-refractivity contribution in [2.75, 3.05) is 5.32 Å². The van der Waals surface area contributed by atoms with E-state index < -0.39 is 22.8 Å². The Hall–Kier alpha value is -2.91. The minimum Gasteiger partial charge on any atom is -0.772 e. The quantitative estimate of drug-likeness (QED) is 0.473. The molecule has 3 aromatic rings. The predicted molar refractivity (Wildman–Crippen MR) is 103 cm³/mol. The smallest absolute Gasteiger partial charge is 0.417 e. The molecule has 0 aliphatic heterocycles. The lowest BCUT2D eigenvalue weighted by Crippen LogP contribution is -2.09. The van der Waals surface area contributed by atoms with Crippen molar-refractivity contribution in [1.29, 1.82) is 0 Å². The average Bonchev–Trinajstić information content (AvgIpc) is 2.98. The van der Waals surface area contributed by atoms with Crippen LogP contribution in [0.5, 0.6) is 0 Å². The van der Waals surface area contributed by atoms with Crippen molar-refractivity contribution in [3.63, 3.8) is 0 Å². The first-order valence-corrected chi connectivity index (χ1v) is 9.70. The van der Waals surface area contributed by atoms with Crippen LogP contribution in [0.1, 0.15) is 16.7 Å². The van der Waals surface area contributed by atoms with Crippen LogP contribution in [-0.2, 0) is 27.8 Å². The molecule has 5 nitrogen and oxygen atoms in total. The molecule has 0 bridgehead atoms. The molecule has 152 valence electrons. The number of nitrogens with one attached hydrogen (secondary N) is 1. The minimum absolute atomic E-state index is 0.0267. The van der Waals surface area contributed by atoms with Gasteiger partial charge in [0.1, 0.15) is 0 Å². The van der Waals surface area contributed by atoms with Crippen LogP contribution in [0.4, 0.5) is 18.9 Å². The number of hydrogen-bond acceptors (Lipinski definition) is 3. The second-order valence-corrected chi connectivity index (χ2v) is 7.20. The lowest BCUT2D eigenvalue weighted by molar-refractivity contribution is -0.137. The summed E-state index contributed by atoms with van der Waals surface area (Å²) in [5.41, 5.74) is 1.38. The summed E-state index contributed by atoms with van der Waals surface area (Å²) in [7, 11) is 0. The number of nitrogens with zero attached hydrogens (tertiary/aromatic N) is 1. The summed E-state index contributed by atoms with van der Waals surface area (Å²) in [5.74, 6) is -0.160. The topological polar surface area (TPSA) is 74.2 Å². The number of rotatable bonds is 6. The highest BCUT2D eigenvalue weighted by molar-refractivity contribution is 7.78. The molecule has 0 radical (unpaired) electrons. The monoisotopic (exact) mass is 421 g/mol. The highest BCUT2D eigenvalue weighted by atomic mass is 32.2. The van der Waals surface area contributed by atoms with Crippen LogP contribution in [0.15, 0.2) is 54.7 Å². The van der Waals surface area contributed by atoms with Gasteiger partial charge in [0.15, 0.2) is 0 Å². The summed E-state index contributed by atoms with van der Waals surface area (Å²) in [4.78, 5) is 10.9. The van der Waals surface area contributed by atoms with E-state index in [-0.39, 0.29) is 17.0 Å². The summed E-state index contributed by atoms with van der Waals surface area (Å²) in [5, 5.41) is 2.51. The Balaban J connectivity index is 2.21. The number of anilines is 1. The van der Waals surface area contributed by atoms with Crippen molar-refractivity contribution < 1.29 is 26.7 Å². The van der Waals surface area contributed by atoms with Gasteiger partial charge in [0.05, 0.1) is 16.9 Å². The molecule has 29 heavy (non-hydrogen) atoms. The fourth-order valence-corrected chi connectivity index (χ4v) is 3.63. The van der Waals surface area contributed by atoms with Gasteiger partial charge in [0.25, 0.3) is 0 Å². The summed E-state index contributed by atoms with van der Waals surface area (Å²) in [6.07, 6.45) is -2.57. The largest absolute Gasteiger partial charge is 0.772 e. The van der Waals surface area contributed by atoms with Crippen molar-refractivity contribution >= 4 is 23.2 Å². The lowest BCUT2D eigenvalue weighted by atomic mass is 10.0. The predicted octanol–water partition coefficient (Wildman–Crippen LogP) is 4.42. The Labute approximate surface area is 167 Å². The van der Waals surface area contributed by atoms with Crippen LogP contribution in [0.25, 0.3) is 16.9 Å². The maximum Gasteiger partial charge on any atom is 0.417 e. The first kappa shape index (κ1) is 20.8. The van der Waals surface area contributed by atoms with Crippen molar-refractivity contribution in [2.24, 2.45) is 0 Å². The fraction of sp³-hybridized carbons (Fsp3) is 0.150. The van der Waals surface area contributed by atoms with Crippen LogP contribution in [0.3, 0.4) is 0 Å². The van der Waals surface area contributed by atoms with Gasteiger partial charge >= 0.3 is 6.18 Å². The summed E-state index contributed by atoms with van der Waals surface area (Å²) in [6.45, 7) is 1.62. The Morgan fingerprint density at radius 1 is 1.14 bits per heavy atom. The highest BCUT2D eigenvalue weighted by Gasteiger charge is 2.34. The zero-order chi connectivity index (χ0) is 21.2. The van der Waals surface area contributed by atoms with E-state index in [0.29, 0.717) is 28.9 Å². The van der Waals surface area contributed by atoms with Crippen LogP contribution >= 0.6 is 0 Å². The molecule has 3 rings (SSSR count). The van der Waals surface area contributed by atoms with Gasteiger partial charge in [-0.25, -0.2) is 0 Å². The highest BCUT2D eigenvalue weighted by Crippen LogP contribution is 2.41. The molecule has 0 fully saturated rings. The van der Waals surface area contributed by atoms with Crippen molar-refractivity contribution in [3.05, 3.63) is 71.4 Å². The molecule has 9 heteroatoms. The van der Waals surface area contributed by atoms with Crippen LogP contribution in [0.2, 0.25) is 0 Å². The maximum absolute atomic E-state index is 13.6. The van der Waals surface area contributed by atoms with Gasteiger partial charge in [0, 0.05) is 23.2 Å². The number of aromatic nitrogens is 1. The number of benzene rings is 2. The molecule has 1 aromatic heterocycles. The second-order valence-electron chi connectivity index (χ2n) is 6.31. The third-order valence-corrected chi connectivity index (χ3v) is 5.03. The van der Waals surface area contributed by atoms with Gasteiger partial charge in [-0.1, -0.05) is 41.4 Å². The van der Waals surface area contributed by atoms with E-state index in [0.717, 1.165) is 6.07 Å². The standard InChI is InChI=1S/C20H17F3N2O3S/c1-13-18(24-12-26)10-25(15-8-6-14(7-9-15)11-29(27)28)19(13)16-4-2-3-5-17(16)20(21,22)23/h2-10,12H,11H2,1H3,(H,24,26)(H,27,28)/p-1. The molecule has 0 aliphatic rings. The molecule has 0 spiro atoms. The number of carbonyl (C=O) groups excluding carboxylic acids is 1. The molecule has 0 saturated heterocycles. The molecular weight excluding hydrogens is 405 g/mol. The molecule has 1 heterocycles.